The first-order valence-electron chi connectivity index (χ1n) is 6.86. The van der Waals surface area contributed by atoms with Crippen molar-refractivity contribution in [2.75, 3.05) is 18.0 Å². The minimum Gasteiger partial charge on any atom is -0.370 e. The minimum absolute atomic E-state index is 0.437. The van der Waals surface area contributed by atoms with Crippen LogP contribution in [0.15, 0.2) is 18.2 Å². The van der Waals surface area contributed by atoms with Gasteiger partial charge in [-0.1, -0.05) is 20.3 Å². The van der Waals surface area contributed by atoms with Gasteiger partial charge >= 0.3 is 0 Å². The second-order valence-electron chi connectivity index (χ2n) is 5.66. The third-order valence-corrected chi connectivity index (χ3v) is 4.44. The molecular weight excluding hydrogens is 236 g/mol. The molecule has 0 radical (unpaired) electrons. The fourth-order valence-corrected chi connectivity index (χ4v) is 2.63. The number of nitriles is 1. The third-order valence-electron chi connectivity index (χ3n) is 4.44. The SMILES string of the molecule is CCC1(C)CCN(c2ccc(C=O)cc2C#N)CC1. The molecule has 0 amide bonds. The van der Waals surface area contributed by atoms with E-state index in [-0.39, 0.29) is 0 Å². The van der Waals surface area contributed by atoms with Crippen LogP contribution in [0.4, 0.5) is 5.69 Å². The summed E-state index contributed by atoms with van der Waals surface area (Å²) in [7, 11) is 0. The van der Waals surface area contributed by atoms with Crippen LogP contribution in [-0.4, -0.2) is 19.4 Å². The molecule has 0 spiro atoms. The number of hydrogen-bond acceptors (Lipinski definition) is 3. The Kier molecular flexibility index (Phi) is 3.90. The molecule has 0 N–H and O–H groups in total. The van der Waals surface area contributed by atoms with E-state index in [1.54, 1.807) is 12.1 Å². The first-order valence-corrected chi connectivity index (χ1v) is 6.86. The van der Waals surface area contributed by atoms with Crippen molar-refractivity contribution in [1.29, 1.82) is 5.26 Å². The number of benzene rings is 1. The molecule has 100 valence electrons. The number of hydrogen-bond donors (Lipinski definition) is 0. The van der Waals surface area contributed by atoms with Gasteiger partial charge in [-0.15, -0.1) is 0 Å². The van der Waals surface area contributed by atoms with Crippen molar-refractivity contribution in [2.24, 2.45) is 5.41 Å². The highest BCUT2D eigenvalue weighted by Crippen LogP contribution is 2.36. The fourth-order valence-electron chi connectivity index (χ4n) is 2.63. The van der Waals surface area contributed by atoms with Crippen molar-refractivity contribution < 1.29 is 4.79 Å². The number of carbonyl (C=O) groups is 1. The minimum atomic E-state index is 0.437. The molecular formula is C16H20N2O. The van der Waals surface area contributed by atoms with Crippen LogP contribution in [-0.2, 0) is 0 Å². The zero-order valence-corrected chi connectivity index (χ0v) is 11.6. The van der Waals surface area contributed by atoms with Gasteiger partial charge in [0.05, 0.1) is 11.3 Å². The summed E-state index contributed by atoms with van der Waals surface area (Å²) >= 11 is 0. The first-order chi connectivity index (χ1) is 9.11. The van der Waals surface area contributed by atoms with Gasteiger partial charge in [0.1, 0.15) is 12.4 Å². The highest BCUT2D eigenvalue weighted by molar-refractivity contribution is 5.78. The van der Waals surface area contributed by atoms with E-state index >= 15 is 0 Å². The topological polar surface area (TPSA) is 44.1 Å². The first kappa shape index (κ1) is 13.6. The number of rotatable bonds is 3. The molecule has 0 unspecified atom stereocenters. The van der Waals surface area contributed by atoms with E-state index in [0.29, 0.717) is 16.5 Å². The molecule has 19 heavy (non-hydrogen) atoms. The van der Waals surface area contributed by atoms with Crippen molar-refractivity contribution >= 4 is 12.0 Å². The summed E-state index contributed by atoms with van der Waals surface area (Å²) < 4.78 is 0. The number of aldehydes is 1. The number of anilines is 1. The molecule has 1 aromatic rings. The van der Waals surface area contributed by atoms with Crippen LogP contribution in [0.2, 0.25) is 0 Å². The summed E-state index contributed by atoms with van der Waals surface area (Å²) in [6.45, 7) is 6.55. The van der Waals surface area contributed by atoms with E-state index in [4.69, 9.17) is 0 Å². The second-order valence-corrected chi connectivity index (χ2v) is 5.66. The predicted molar refractivity (Wildman–Crippen MR) is 76.4 cm³/mol. The Bertz CT molecular complexity index is 508. The van der Waals surface area contributed by atoms with E-state index in [0.717, 1.165) is 37.9 Å². The second kappa shape index (κ2) is 5.44. The Hall–Kier alpha value is -1.82. The lowest BCUT2D eigenvalue weighted by Crippen LogP contribution is -2.38. The molecule has 0 saturated carbocycles. The van der Waals surface area contributed by atoms with Gasteiger partial charge in [0, 0.05) is 18.7 Å². The number of carbonyl (C=O) groups excluding carboxylic acids is 1. The van der Waals surface area contributed by atoms with Gasteiger partial charge in [-0.2, -0.15) is 5.26 Å². The van der Waals surface area contributed by atoms with Crippen LogP contribution in [0.1, 0.15) is 49.0 Å². The molecule has 3 nitrogen and oxygen atoms in total. The summed E-state index contributed by atoms with van der Waals surface area (Å²) in [5.74, 6) is 0. The molecule has 0 atom stereocenters. The maximum Gasteiger partial charge on any atom is 0.150 e. The van der Waals surface area contributed by atoms with Gasteiger partial charge in [-0.25, -0.2) is 0 Å². The van der Waals surface area contributed by atoms with Crippen molar-refractivity contribution in [3.05, 3.63) is 29.3 Å². The Balaban J connectivity index is 2.20. The van der Waals surface area contributed by atoms with Crippen LogP contribution < -0.4 is 4.90 Å². The Labute approximate surface area is 114 Å². The molecule has 0 bridgehead atoms. The van der Waals surface area contributed by atoms with Crippen molar-refractivity contribution in [1.82, 2.24) is 0 Å². The lowest BCUT2D eigenvalue weighted by molar-refractivity contribution is 0.112. The highest BCUT2D eigenvalue weighted by Gasteiger charge is 2.29. The van der Waals surface area contributed by atoms with Crippen molar-refractivity contribution in [3.8, 4) is 6.07 Å². The van der Waals surface area contributed by atoms with Gasteiger partial charge in [-0.3, -0.25) is 4.79 Å². The lowest BCUT2D eigenvalue weighted by atomic mass is 9.78. The smallest absolute Gasteiger partial charge is 0.150 e. The van der Waals surface area contributed by atoms with Gasteiger partial charge in [0.2, 0.25) is 0 Å². The summed E-state index contributed by atoms with van der Waals surface area (Å²) in [5, 5.41) is 9.23. The lowest BCUT2D eigenvalue weighted by Gasteiger charge is -2.40. The molecule has 1 aliphatic rings. The van der Waals surface area contributed by atoms with E-state index in [2.05, 4.69) is 24.8 Å². The molecule has 1 heterocycles. The molecule has 1 fully saturated rings. The fraction of sp³-hybridized carbons (Fsp3) is 0.500. The van der Waals surface area contributed by atoms with Crippen LogP contribution in [0, 0.1) is 16.7 Å². The summed E-state index contributed by atoms with van der Waals surface area (Å²) in [5.41, 5.74) is 2.57. The normalized spacial score (nSPS) is 17.8. The van der Waals surface area contributed by atoms with Gasteiger partial charge in [0.25, 0.3) is 0 Å². The predicted octanol–water partition coefficient (Wildman–Crippen LogP) is 3.39. The van der Waals surface area contributed by atoms with E-state index < -0.39 is 0 Å². The monoisotopic (exact) mass is 256 g/mol. The van der Waals surface area contributed by atoms with Crippen molar-refractivity contribution in [2.45, 2.75) is 33.1 Å². The van der Waals surface area contributed by atoms with E-state index in [1.807, 2.05) is 6.07 Å². The average molecular weight is 256 g/mol. The average Bonchev–Trinajstić information content (AvgIpc) is 2.47. The molecule has 3 heteroatoms. The summed E-state index contributed by atoms with van der Waals surface area (Å²) in [6, 6.07) is 7.57. The van der Waals surface area contributed by atoms with Gasteiger partial charge in [0.15, 0.2) is 0 Å². The Morgan fingerprint density at radius 3 is 2.63 bits per heavy atom. The summed E-state index contributed by atoms with van der Waals surface area (Å²) in [4.78, 5) is 13.0. The Morgan fingerprint density at radius 1 is 1.42 bits per heavy atom. The molecule has 0 aromatic heterocycles. The number of nitrogens with zero attached hydrogens (tertiary/aromatic N) is 2. The molecule has 2 rings (SSSR count). The van der Waals surface area contributed by atoms with Gasteiger partial charge in [-0.05, 0) is 36.5 Å². The van der Waals surface area contributed by atoms with Crippen LogP contribution in [0.5, 0.6) is 0 Å². The maximum atomic E-state index is 10.8. The van der Waals surface area contributed by atoms with Crippen LogP contribution in [0.25, 0.3) is 0 Å². The zero-order chi connectivity index (χ0) is 13.9. The van der Waals surface area contributed by atoms with Gasteiger partial charge < -0.3 is 4.90 Å². The molecule has 1 saturated heterocycles. The zero-order valence-electron chi connectivity index (χ0n) is 11.6. The number of piperidine rings is 1. The van der Waals surface area contributed by atoms with E-state index in [9.17, 15) is 10.1 Å². The quantitative estimate of drug-likeness (QED) is 0.779. The molecule has 1 aromatic carbocycles. The highest BCUT2D eigenvalue weighted by atomic mass is 16.1. The molecule has 1 aliphatic heterocycles. The Morgan fingerprint density at radius 2 is 2.11 bits per heavy atom. The van der Waals surface area contributed by atoms with Crippen LogP contribution >= 0.6 is 0 Å². The third kappa shape index (κ3) is 2.78. The maximum absolute atomic E-state index is 10.8. The van der Waals surface area contributed by atoms with E-state index in [1.165, 1.54) is 6.42 Å². The van der Waals surface area contributed by atoms with Crippen LogP contribution in [0.3, 0.4) is 0 Å². The summed E-state index contributed by atoms with van der Waals surface area (Å²) in [6.07, 6.45) is 4.30. The standard InChI is InChI=1S/C16H20N2O/c1-3-16(2)6-8-18(9-7-16)15-5-4-13(12-19)10-14(15)11-17/h4-5,10,12H,3,6-9H2,1-2H3. The largest absolute Gasteiger partial charge is 0.370 e. The van der Waals surface area contributed by atoms with Crippen molar-refractivity contribution in [3.63, 3.8) is 0 Å². The molecule has 0 aliphatic carbocycles.